The average Bonchev–Trinajstić information content (AvgIpc) is 3.08. The number of hydrogen-bond acceptors (Lipinski definition) is 5. The van der Waals surface area contributed by atoms with Crippen LogP contribution in [-0.2, 0) is 18.4 Å². The number of hydrogen-bond donors (Lipinski definition) is 1. The van der Waals surface area contributed by atoms with E-state index >= 15 is 0 Å². The fourth-order valence-corrected chi connectivity index (χ4v) is 3.63. The van der Waals surface area contributed by atoms with Crippen LogP contribution in [0.5, 0.6) is 5.75 Å². The smallest absolute Gasteiger partial charge is 0.230 e. The Morgan fingerprint density at radius 2 is 1.90 bits per heavy atom. The zero-order valence-electron chi connectivity index (χ0n) is 15.9. The molecule has 0 spiro atoms. The summed E-state index contributed by atoms with van der Waals surface area (Å²) in [5.41, 5.74) is 0.985. The van der Waals surface area contributed by atoms with Gasteiger partial charge in [-0.15, -0.1) is 10.2 Å². The fraction of sp³-hybridized carbons (Fsp3) is 0.250. The van der Waals surface area contributed by atoms with Gasteiger partial charge >= 0.3 is 0 Å². The molecule has 0 saturated heterocycles. The summed E-state index contributed by atoms with van der Waals surface area (Å²) in [6.45, 7) is 2.32. The molecule has 1 aromatic heterocycles. The number of halogens is 2. The van der Waals surface area contributed by atoms with Crippen LogP contribution in [0.25, 0.3) is 0 Å². The van der Waals surface area contributed by atoms with Crippen LogP contribution in [0.3, 0.4) is 0 Å². The topological polar surface area (TPSA) is 69.0 Å². The standard InChI is InChI=1S/C20H20Cl2N4O2S/c1-13(28-17-6-4-3-5-16(17)22)19-24-25-20(26(19)2)29-12-18(27)23-11-14-7-9-15(21)10-8-14/h3-10,13H,11-12H2,1-2H3,(H,23,27). The highest BCUT2D eigenvalue weighted by Gasteiger charge is 2.18. The van der Waals surface area contributed by atoms with Crippen molar-refractivity contribution in [1.29, 1.82) is 0 Å². The van der Waals surface area contributed by atoms with E-state index in [-0.39, 0.29) is 17.8 Å². The first-order chi connectivity index (χ1) is 13.9. The van der Waals surface area contributed by atoms with E-state index < -0.39 is 0 Å². The molecule has 3 aromatic rings. The number of nitrogens with zero attached hydrogens (tertiary/aromatic N) is 3. The highest BCUT2D eigenvalue weighted by molar-refractivity contribution is 7.99. The summed E-state index contributed by atoms with van der Waals surface area (Å²) < 4.78 is 7.71. The molecular formula is C20H20Cl2N4O2S. The second-order valence-corrected chi connectivity index (χ2v) is 8.07. The van der Waals surface area contributed by atoms with Gasteiger partial charge in [-0.25, -0.2) is 0 Å². The van der Waals surface area contributed by atoms with Gasteiger partial charge in [-0.1, -0.05) is 59.2 Å². The van der Waals surface area contributed by atoms with Crippen molar-refractivity contribution in [1.82, 2.24) is 20.1 Å². The van der Waals surface area contributed by atoms with Crippen LogP contribution in [-0.4, -0.2) is 26.4 Å². The second kappa shape index (κ2) is 10.0. The Labute approximate surface area is 183 Å². The van der Waals surface area contributed by atoms with E-state index in [0.717, 1.165) is 5.56 Å². The number of para-hydroxylation sites is 1. The highest BCUT2D eigenvalue weighted by Crippen LogP contribution is 2.28. The Morgan fingerprint density at radius 3 is 2.62 bits per heavy atom. The van der Waals surface area contributed by atoms with Crippen molar-refractivity contribution in [3.8, 4) is 5.75 Å². The van der Waals surface area contributed by atoms with Crippen molar-refractivity contribution in [2.45, 2.75) is 24.7 Å². The van der Waals surface area contributed by atoms with Crippen LogP contribution in [0.2, 0.25) is 10.0 Å². The van der Waals surface area contributed by atoms with Crippen molar-refractivity contribution in [3.05, 3.63) is 70.0 Å². The van der Waals surface area contributed by atoms with Gasteiger partial charge in [0.2, 0.25) is 5.91 Å². The van der Waals surface area contributed by atoms with Crippen LogP contribution in [0.15, 0.2) is 53.7 Å². The fourth-order valence-electron chi connectivity index (χ4n) is 2.57. The number of carbonyl (C=O) groups is 1. The first-order valence-corrected chi connectivity index (χ1v) is 10.6. The van der Waals surface area contributed by atoms with Gasteiger partial charge in [0.15, 0.2) is 17.1 Å². The van der Waals surface area contributed by atoms with Gasteiger partial charge in [-0.3, -0.25) is 4.79 Å². The third kappa shape index (κ3) is 5.88. The third-order valence-corrected chi connectivity index (χ3v) is 5.69. The molecule has 152 valence electrons. The first-order valence-electron chi connectivity index (χ1n) is 8.88. The molecule has 0 fully saturated rings. The number of benzene rings is 2. The minimum absolute atomic E-state index is 0.0881. The van der Waals surface area contributed by atoms with Gasteiger partial charge in [0, 0.05) is 18.6 Å². The van der Waals surface area contributed by atoms with E-state index in [1.165, 1.54) is 11.8 Å². The van der Waals surface area contributed by atoms with Gasteiger partial charge in [0.05, 0.1) is 10.8 Å². The summed E-state index contributed by atoms with van der Waals surface area (Å²) in [7, 11) is 1.84. The number of carbonyl (C=O) groups excluding carboxylic acids is 1. The molecule has 0 bridgehead atoms. The molecule has 0 aliphatic heterocycles. The molecule has 6 nitrogen and oxygen atoms in total. The lowest BCUT2D eigenvalue weighted by Crippen LogP contribution is -2.24. The van der Waals surface area contributed by atoms with Crippen LogP contribution in [0.1, 0.15) is 24.4 Å². The number of rotatable bonds is 8. The lowest BCUT2D eigenvalue weighted by molar-refractivity contribution is -0.118. The summed E-state index contributed by atoms with van der Waals surface area (Å²) in [5, 5.41) is 13.1. The maximum Gasteiger partial charge on any atom is 0.230 e. The van der Waals surface area contributed by atoms with Gasteiger partial charge < -0.3 is 14.6 Å². The summed E-state index contributed by atoms with van der Waals surface area (Å²) >= 11 is 13.3. The van der Waals surface area contributed by atoms with Crippen molar-refractivity contribution in [2.24, 2.45) is 7.05 Å². The van der Waals surface area contributed by atoms with Crippen LogP contribution in [0, 0.1) is 0 Å². The van der Waals surface area contributed by atoms with Gasteiger partial charge in [0.1, 0.15) is 5.75 Å². The molecule has 1 heterocycles. The van der Waals surface area contributed by atoms with E-state index in [4.69, 9.17) is 27.9 Å². The SMILES string of the molecule is CC(Oc1ccccc1Cl)c1nnc(SCC(=O)NCc2ccc(Cl)cc2)n1C. The Morgan fingerprint density at radius 1 is 1.17 bits per heavy atom. The zero-order valence-corrected chi connectivity index (χ0v) is 18.3. The van der Waals surface area contributed by atoms with E-state index in [2.05, 4.69) is 15.5 Å². The molecule has 2 aromatic carbocycles. The summed E-state index contributed by atoms with van der Waals surface area (Å²) in [6.07, 6.45) is -0.347. The van der Waals surface area contributed by atoms with Crippen molar-refractivity contribution in [2.75, 3.05) is 5.75 Å². The predicted octanol–water partition coefficient (Wildman–Crippen LogP) is 4.67. The molecule has 0 aliphatic carbocycles. The number of amides is 1. The molecule has 29 heavy (non-hydrogen) atoms. The number of nitrogens with one attached hydrogen (secondary N) is 1. The van der Waals surface area contributed by atoms with Crippen molar-refractivity contribution < 1.29 is 9.53 Å². The number of thioether (sulfide) groups is 1. The Bertz CT molecular complexity index is 979. The molecular weight excluding hydrogens is 431 g/mol. The Hall–Kier alpha value is -2.22. The average molecular weight is 451 g/mol. The number of ether oxygens (including phenoxy) is 1. The quantitative estimate of drug-likeness (QED) is 0.504. The zero-order chi connectivity index (χ0) is 20.8. The molecule has 3 rings (SSSR count). The second-order valence-electron chi connectivity index (χ2n) is 6.28. The third-order valence-electron chi connectivity index (χ3n) is 4.11. The highest BCUT2D eigenvalue weighted by atomic mass is 35.5. The molecule has 9 heteroatoms. The molecule has 0 radical (unpaired) electrons. The van der Waals surface area contributed by atoms with Crippen molar-refractivity contribution in [3.63, 3.8) is 0 Å². The van der Waals surface area contributed by atoms with E-state index in [9.17, 15) is 4.79 Å². The minimum Gasteiger partial charge on any atom is -0.481 e. The summed E-state index contributed by atoms with van der Waals surface area (Å²) in [4.78, 5) is 12.1. The maximum absolute atomic E-state index is 12.1. The summed E-state index contributed by atoms with van der Waals surface area (Å²) in [5.74, 6) is 1.38. The summed E-state index contributed by atoms with van der Waals surface area (Å²) in [6, 6.07) is 14.6. The number of aromatic nitrogens is 3. The Balaban J connectivity index is 1.53. The molecule has 0 aliphatic rings. The van der Waals surface area contributed by atoms with Crippen LogP contribution >= 0.6 is 35.0 Å². The van der Waals surface area contributed by atoms with E-state index in [0.29, 0.717) is 33.3 Å². The normalized spacial score (nSPS) is 11.9. The molecule has 1 amide bonds. The molecule has 1 unspecified atom stereocenters. The Kier molecular flexibility index (Phi) is 7.41. The van der Waals surface area contributed by atoms with Gasteiger partial charge in [-0.05, 0) is 36.8 Å². The van der Waals surface area contributed by atoms with E-state index in [1.807, 2.05) is 42.8 Å². The van der Waals surface area contributed by atoms with Crippen LogP contribution in [0.4, 0.5) is 0 Å². The maximum atomic E-state index is 12.1. The van der Waals surface area contributed by atoms with Gasteiger partial charge in [-0.2, -0.15) is 0 Å². The van der Waals surface area contributed by atoms with Crippen molar-refractivity contribution >= 4 is 40.9 Å². The first kappa shape index (κ1) is 21.5. The monoisotopic (exact) mass is 450 g/mol. The van der Waals surface area contributed by atoms with Gasteiger partial charge in [0.25, 0.3) is 0 Å². The lowest BCUT2D eigenvalue weighted by atomic mass is 10.2. The van der Waals surface area contributed by atoms with Crippen LogP contribution < -0.4 is 10.1 Å². The van der Waals surface area contributed by atoms with E-state index in [1.54, 1.807) is 24.3 Å². The molecule has 1 N–H and O–H groups in total. The molecule has 0 saturated carbocycles. The largest absolute Gasteiger partial charge is 0.481 e. The molecule has 1 atom stereocenters. The predicted molar refractivity (Wildman–Crippen MR) is 116 cm³/mol. The minimum atomic E-state index is -0.347. The lowest BCUT2D eigenvalue weighted by Gasteiger charge is -2.15.